The van der Waals surface area contributed by atoms with Crippen molar-refractivity contribution in [2.24, 2.45) is 10.8 Å². The molecule has 5 aromatic rings. The van der Waals surface area contributed by atoms with Crippen molar-refractivity contribution in [3.05, 3.63) is 170 Å². The molecule has 0 radical (unpaired) electrons. The van der Waals surface area contributed by atoms with Gasteiger partial charge in [0.25, 0.3) is 0 Å². The van der Waals surface area contributed by atoms with Crippen LogP contribution in [0.5, 0.6) is 0 Å². The number of halogens is 8. The second-order valence-electron chi connectivity index (χ2n) is 21.1. The van der Waals surface area contributed by atoms with Crippen molar-refractivity contribution in [3.8, 4) is 11.1 Å². The van der Waals surface area contributed by atoms with Gasteiger partial charge in [0.1, 0.15) is 0 Å². The molecule has 0 aromatic heterocycles. The van der Waals surface area contributed by atoms with Crippen LogP contribution in [0.2, 0.25) is 0 Å². The quantitative estimate of drug-likeness (QED) is 0.120. The zero-order chi connectivity index (χ0) is 46.2. The molecule has 3 aliphatic rings. The summed E-state index contributed by atoms with van der Waals surface area (Å²) < 4.78 is 76.7. The zero-order valence-corrected chi connectivity index (χ0v) is 43.0. The predicted molar refractivity (Wildman–Crippen MR) is 241 cm³/mol. The van der Waals surface area contributed by atoms with Crippen molar-refractivity contribution >= 4 is 14.4 Å². The number of rotatable bonds is 2. The van der Waals surface area contributed by atoms with Gasteiger partial charge in [0, 0.05) is 5.41 Å². The normalized spacial score (nSPS) is 15.6. The van der Waals surface area contributed by atoms with Gasteiger partial charge in [0.05, 0.1) is 0 Å². The van der Waals surface area contributed by atoms with Crippen molar-refractivity contribution < 1.29 is 75.4 Å². The van der Waals surface area contributed by atoms with Crippen LogP contribution in [0.1, 0.15) is 151 Å². The summed E-state index contributed by atoms with van der Waals surface area (Å²) in [7, 11) is 0. The minimum atomic E-state index is -4.49. The van der Waals surface area contributed by atoms with E-state index in [1.54, 1.807) is 0 Å². The van der Waals surface area contributed by atoms with Crippen LogP contribution in [0, 0.1) is 16.9 Å². The van der Waals surface area contributed by atoms with Crippen LogP contribution >= 0.6 is 0 Å². The van der Waals surface area contributed by atoms with Gasteiger partial charge in [-0.1, -0.05) is 119 Å². The number of benzene rings is 4. The summed E-state index contributed by atoms with van der Waals surface area (Å²) in [5.74, 6) is 0. The monoisotopic (exact) mass is 992 g/mol. The summed E-state index contributed by atoms with van der Waals surface area (Å²) in [4.78, 5) is 0. The molecule has 340 valence electrons. The molecule has 0 aliphatic heterocycles. The molecule has 0 fully saturated rings. The first-order valence-electron chi connectivity index (χ1n) is 21.2. The molecule has 64 heavy (non-hydrogen) atoms. The summed E-state index contributed by atoms with van der Waals surface area (Å²) >= 11 is 0.729. The smallest absolute Gasteiger partial charge is 1.00 e. The molecule has 0 N–H and O–H groups in total. The van der Waals surface area contributed by atoms with Gasteiger partial charge < -0.3 is 24.8 Å². The summed E-state index contributed by atoms with van der Waals surface area (Å²) in [6.45, 7) is 30.0. The Morgan fingerprint density at radius 1 is 0.578 bits per heavy atom. The molecule has 0 heterocycles. The van der Waals surface area contributed by atoms with E-state index in [0.717, 1.165) is 54.9 Å². The van der Waals surface area contributed by atoms with E-state index in [1.165, 1.54) is 85.5 Å². The topological polar surface area (TPSA) is 0 Å². The Bertz CT molecular complexity index is 2420. The molecule has 0 atom stereocenters. The van der Waals surface area contributed by atoms with Crippen LogP contribution in [0.4, 0.5) is 26.3 Å². The fraction of sp³-hybridized carbons (Fsp3) is 0.382. The van der Waals surface area contributed by atoms with Crippen molar-refractivity contribution in [2.75, 3.05) is 0 Å². The van der Waals surface area contributed by atoms with Gasteiger partial charge in [0.15, 0.2) is 0 Å². The minimum Gasteiger partial charge on any atom is -1.00 e. The summed E-state index contributed by atoms with van der Waals surface area (Å²) in [5.41, 5.74) is 15.5. The Labute approximate surface area is 404 Å². The van der Waals surface area contributed by atoms with Crippen LogP contribution in [0.25, 0.3) is 22.3 Å². The molecule has 5 aromatic carbocycles. The van der Waals surface area contributed by atoms with E-state index in [9.17, 15) is 26.3 Å². The molecule has 3 aliphatic carbocycles. The average molecular weight is 995 g/mol. The maximum Gasteiger partial charge on any atom is -1.00 e. The van der Waals surface area contributed by atoms with Crippen molar-refractivity contribution in [2.45, 2.75) is 125 Å². The van der Waals surface area contributed by atoms with Crippen LogP contribution in [-0.4, -0.2) is 3.21 Å². The summed E-state index contributed by atoms with van der Waals surface area (Å²) in [6, 6.07) is 27.7. The third-order valence-electron chi connectivity index (χ3n) is 12.1. The Morgan fingerprint density at radius 3 is 1.47 bits per heavy atom. The van der Waals surface area contributed by atoms with E-state index < -0.39 is 23.5 Å². The maximum atomic E-state index is 12.7. The van der Waals surface area contributed by atoms with Crippen LogP contribution in [-0.2, 0) is 59.3 Å². The van der Waals surface area contributed by atoms with Gasteiger partial charge in [0.2, 0.25) is 0 Å². The zero-order valence-electron chi connectivity index (χ0n) is 39.0. The van der Waals surface area contributed by atoms with E-state index in [4.69, 9.17) is 0 Å². The SMILES string of the molecule is CC(C)(C)C1=[C-]C(C)(C)c2cc3c(cc21)-c1cc2c(cc1C3)C(C)(C)C=C2C(C)(C)C.CC(C)(C)c1cc[cH-]c1.FC(F)(F)c1cccc([C](=[Zr+2])c2cccc(C(F)(F)F)c2)c1.[Cl-].[Cl-]. The van der Waals surface area contributed by atoms with Gasteiger partial charge in [-0.3, -0.25) is 6.08 Å². The largest absolute Gasteiger partial charge is 1.00 e. The van der Waals surface area contributed by atoms with Gasteiger partial charge in [-0.2, -0.15) is 29.3 Å². The van der Waals surface area contributed by atoms with Crippen molar-refractivity contribution in [1.29, 1.82) is 0 Å². The Morgan fingerprint density at radius 2 is 1.06 bits per heavy atom. The Hall–Kier alpha value is -3.38. The number of hydrogen-bond donors (Lipinski definition) is 0. The summed E-state index contributed by atoms with van der Waals surface area (Å²) in [6.07, 6.45) is -1.57. The standard InChI is InChI=1S/C31H37.C15H8F6.C9H13.2ClH.Zr/c1-28(2,3)26-16-30(7,8)24-12-18-11-19-13-25-23(15-21(19)20(18)14-22(24)26)27(29(4,5)6)17-31(25,9)10;16-14(17,18)12-5-1-3-10(8-12)7-11-4-2-6-13(9-11)15(19,20)21;1-9(2,3)8-6-4-5-7-8;;;/h12-16H,11H2,1-10H3;1-6,8-9H;4-7H,1-3H3;2*1H;/q-1;;-1;;;+2/p-2. The van der Waals surface area contributed by atoms with E-state index in [2.05, 4.69) is 151 Å². The average Bonchev–Trinajstić information content (AvgIpc) is 3.93. The van der Waals surface area contributed by atoms with Crippen LogP contribution in [0.15, 0.2) is 103 Å². The minimum absolute atomic E-state index is 0. The molecular formula is C55H58Cl2F6Zr-2. The Balaban J connectivity index is 0.000000237. The van der Waals surface area contributed by atoms with E-state index in [-0.39, 0.29) is 57.6 Å². The van der Waals surface area contributed by atoms with Gasteiger partial charge >= 0.3 is 137 Å². The first-order chi connectivity index (χ1) is 28.3. The van der Waals surface area contributed by atoms with Crippen molar-refractivity contribution in [1.82, 2.24) is 0 Å². The fourth-order valence-electron chi connectivity index (χ4n) is 8.69. The van der Waals surface area contributed by atoms with Gasteiger partial charge in [-0.25, -0.2) is 11.6 Å². The molecule has 9 heteroatoms. The Kier molecular flexibility index (Phi) is 15.3. The van der Waals surface area contributed by atoms with E-state index in [1.807, 2.05) is 0 Å². The van der Waals surface area contributed by atoms with Gasteiger partial charge in [-0.05, 0) is 62.3 Å². The number of hydrogen-bond acceptors (Lipinski definition) is 0. The summed E-state index contributed by atoms with van der Waals surface area (Å²) in [5, 5.41) is 0. The molecule has 0 saturated carbocycles. The predicted octanol–water partition coefficient (Wildman–Crippen LogP) is 10.1. The van der Waals surface area contributed by atoms with Gasteiger partial charge in [-0.15, -0.1) is 11.6 Å². The first-order valence-corrected chi connectivity index (χ1v) is 22.4. The van der Waals surface area contributed by atoms with Crippen molar-refractivity contribution in [3.63, 3.8) is 0 Å². The molecule has 0 bridgehead atoms. The van der Waals surface area contributed by atoms with Crippen LogP contribution < -0.4 is 24.8 Å². The molecule has 0 unspecified atom stereocenters. The second kappa shape index (κ2) is 18.4. The molecule has 0 saturated heterocycles. The van der Waals surface area contributed by atoms with Crippen LogP contribution in [0.3, 0.4) is 0 Å². The molecule has 0 nitrogen and oxygen atoms in total. The molecule has 0 spiro atoms. The third kappa shape index (κ3) is 11.2. The van der Waals surface area contributed by atoms with E-state index in [0.29, 0.717) is 8.62 Å². The number of alkyl halides is 6. The number of allylic oxidation sites excluding steroid dienone is 4. The fourth-order valence-corrected chi connectivity index (χ4v) is 9.45. The third-order valence-corrected chi connectivity index (χ3v) is 13.5. The molecular weight excluding hydrogens is 937 g/mol. The number of fused-ring (bicyclic) bond motifs is 5. The first kappa shape index (κ1) is 53.2. The second-order valence-corrected chi connectivity index (χ2v) is 22.4. The molecule has 8 rings (SSSR count). The maximum absolute atomic E-state index is 12.7. The molecule has 0 amide bonds. The van der Waals surface area contributed by atoms with E-state index >= 15 is 0 Å².